The zero-order valence-corrected chi connectivity index (χ0v) is 30.1. The Hall–Kier alpha value is -3.85. The van der Waals surface area contributed by atoms with Crippen molar-refractivity contribution in [2.75, 3.05) is 26.7 Å². The number of benzene rings is 1. The first kappa shape index (κ1) is 40.3. The summed E-state index contributed by atoms with van der Waals surface area (Å²) in [6.45, 7) is 20.2. The monoisotopic (exact) mass is 661 g/mol. The third-order valence-corrected chi connectivity index (χ3v) is 8.64. The Bertz CT molecular complexity index is 1680. The van der Waals surface area contributed by atoms with Crippen LogP contribution in [0.4, 0.5) is 4.39 Å². The molecular formula is C37H53BFN5O4. The van der Waals surface area contributed by atoms with E-state index in [0.717, 1.165) is 61.5 Å². The van der Waals surface area contributed by atoms with E-state index in [9.17, 15) is 19.1 Å². The Balaban J connectivity index is 0.000000374. The fourth-order valence-electron chi connectivity index (χ4n) is 6.45. The van der Waals surface area contributed by atoms with E-state index in [1.54, 1.807) is 10.6 Å². The van der Waals surface area contributed by atoms with Crippen molar-refractivity contribution in [2.24, 2.45) is 5.73 Å². The van der Waals surface area contributed by atoms with Crippen LogP contribution in [0.2, 0.25) is 12.6 Å². The minimum atomic E-state index is -0.983. The fourth-order valence-corrected chi connectivity index (χ4v) is 6.45. The lowest BCUT2D eigenvalue weighted by Crippen LogP contribution is -2.41. The maximum absolute atomic E-state index is 14.6. The van der Waals surface area contributed by atoms with Gasteiger partial charge in [0.15, 0.2) is 0 Å². The number of aromatic nitrogens is 2. The van der Waals surface area contributed by atoms with Gasteiger partial charge >= 0.3 is 0 Å². The number of methoxy groups -OCH3 is 1. The summed E-state index contributed by atoms with van der Waals surface area (Å²) in [5.74, 6) is 1.70. The number of pyridine rings is 2. The lowest BCUT2D eigenvalue weighted by molar-refractivity contribution is -0.119. The number of hydrogen-bond donors (Lipinski definition) is 2. The molecule has 1 fully saturated rings. The van der Waals surface area contributed by atoms with E-state index in [4.69, 9.17) is 20.7 Å². The molecule has 0 radical (unpaired) electrons. The molecule has 1 aromatic carbocycles. The van der Waals surface area contributed by atoms with Crippen LogP contribution in [0.25, 0.3) is 22.3 Å². The summed E-state index contributed by atoms with van der Waals surface area (Å²) in [5, 5.41) is 20.1. The molecule has 11 heteroatoms. The minimum absolute atomic E-state index is 0.104. The van der Waals surface area contributed by atoms with Crippen LogP contribution in [0, 0.1) is 24.0 Å². The molecule has 9 nitrogen and oxygen atoms in total. The fraction of sp³-hybridized carbons (Fsp3) is 0.514. The quantitative estimate of drug-likeness (QED) is 0.187. The summed E-state index contributed by atoms with van der Waals surface area (Å²) >= 11 is 0. The molecule has 3 aromatic rings. The lowest BCUT2D eigenvalue weighted by atomic mass is 9.45. The number of aliphatic hydroxyl groups excluding tert-OH is 1. The van der Waals surface area contributed by atoms with Crippen molar-refractivity contribution in [3.8, 4) is 17.4 Å². The van der Waals surface area contributed by atoms with Gasteiger partial charge in [0.25, 0.3) is 12.3 Å². The van der Waals surface area contributed by atoms with Gasteiger partial charge < -0.3 is 20.1 Å². The SMILES string of the molecule is C=CC(O)c1cc2n(c(=O)c1COC)Cc1c-2nc2cc(F)c(C)c3c2c1CCC3.CC.CC.CC.N#CB1CCN(CC(N)=O)CC1. The summed E-state index contributed by atoms with van der Waals surface area (Å²) in [7, 11) is 1.52. The maximum atomic E-state index is 14.6. The van der Waals surface area contributed by atoms with Gasteiger partial charge in [0.05, 0.1) is 42.7 Å². The number of carbonyl (C=O) groups is 1. The van der Waals surface area contributed by atoms with Crippen molar-refractivity contribution in [3.63, 3.8) is 0 Å². The molecule has 2 aliphatic heterocycles. The van der Waals surface area contributed by atoms with E-state index in [0.29, 0.717) is 46.7 Å². The van der Waals surface area contributed by atoms with Crippen LogP contribution in [-0.2, 0) is 35.5 Å². The molecule has 1 atom stereocenters. The molecule has 0 spiro atoms. The number of nitrogens with two attached hydrogens (primary N) is 1. The number of primary amides is 1. The first-order valence-electron chi connectivity index (χ1n) is 17.3. The standard InChI is InChI=1S/C24H23FN2O3.C7H12BN3O.3C2H6/c1-4-21(28)15-8-20-23-16(10-27(20)24(29)17(15)11-30-3)14-7-5-6-13-12(2)18(25)9-19(26-23)22(13)14;9-6-8-1-3-11(4-2-8)5-7(10)12;3*1-2/h4,8-9,21,28H,1,5-7,10-11H2,2-3H3;1-5H2,(H2,10,12);3*1-2H3. The predicted molar refractivity (Wildman–Crippen MR) is 194 cm³/mol. The second-order valence-corrected chi connectivity index (χ2v) is 11.2. The first-order chi connectivity index (χ1) is 23.2. The van der Waals surface area contributed by atoms with Crippen LogP contribution in [0.5, 0.6) is 0 Å². The highest BCUT2D eigenvalue weighted by Gasteiger charge is 2.31. The van der Waals surface area contributed by atoms with Crippen LogP contribution in [0.3, 0.4) is 0 Å². The summed E-state index contributed by atoms with van der Waals surface area (Å²) in [6.07, 6.45) is 4.81. The molecule has 0 bridgehead atoms. The molecule has 3 N–H and O–H groups in total. The van der Waals surface area contributed by atoms with Gasteiger partial charge in [-0.25, -0.2) is 14.6 Å². The third-order valence-electron chi connectivity index (χ3n) is 8.64. The van der Waals surface area contributed by atoms with Crippen molar-refractivity contribution >= 4 is 23.5 Å². The van der Waals surface area contributed by atoms with E-state index < -0.39 is 6.10 Å². The van der Waals surface area contributed by atoms with Gasteiger partial charge in [-0.05, 0) is 80.2 Å². The van der Waals surface area contributed by atoms with Crippen LogP contribution in [0.1, 0.15) is 87.4 Å². The summed E-state index contributed by atoms with van der Waals surface area (Å²) in [6, 6.07) is 3.30. The molecular weight excluding hydrogens is 608 g/mol. The molecule has 1 saturated heterocycles. The van der Waals surface area contributed by atoms with Crippen molar-refractivity contribution in [3.05, 3.63) is 74.3 Å². The molecule has 6 rings (SSSR count). The number of carbonyl (C=O) groups excluding carboxylic acids is 1. The van der Waals surface area contributed by atoms with E-state index in [1.165, 1.54) is 24.8 Å². The summed E-state index contributed by atoms with van der Waals surface area (Å²) in [4.78, 5) is 30.6. The topological polar surface area (TPSA) is 134 Å². The minimum Gasteiger partial charge on any atom is -0.384 e. The smallest absolute Gasteiger partial charge is 0.270 e. The molecule has 1 aliphatic carbocycles. The first-order valence-corrected chi connectivity index (χ1v) is 17.3. The van der Waals surface area contributed by atoms with Gasteiger partial charge in [0.1, 0.15) is 5.82 Å². The Morgan fingerprint density at radius 1 is 1.17 bits per heavy atom. The number of hydrogen-bond acceptors (Lipinski definition) is 7. The summed E-state index contributed by atoms with van der Waals surface area (Å²) < 4.78 is 21.5. The van der Waals surface area contributed by atoms with Crippen molar-refractivity contribution in [2.45, 2.75) is 99.6 Å². The molecule has 1 unspecified atom stereocenters. The molecule has 0 saturated carbocycles. The van der Waals surface area contributed by atoms with Gasteiger partial charge in [-0.3, -0.25) is 14.5 Å². The second kappa shape index (κ2) is 19.2. The third kappa shape index (κ3) is 8.59. The maximum Gasteiger partial charge on any atom is 0.270 e. The predicted octanol–water partition coefficient (Wildman–Crippen LogP) is 6.15. The van der Waals surface area contributed by atoms with Gasteiger partial charge in [0, 0.05) is 35.7 Å². The highest BCUT2D eigenvalue weighted by atomic mass is 19.1. The van der Waals surface area contributed by atoms with Crippen molar-refractivity contribution < 1.29 is 19.0 Å². The number of nitrogens with zero attached hydrogens (tertiary/aromatic N) is 4. The van der Waals surface area contributed by atoms with Crippen molar-refractivity contribution in [1.29, 1.82) is 5.26 Å². The van der Waals surface area contributed by atoms with Gasteiger partial charge in [-0.15, -0.1) is 6.58 Å². The number of amides is 1. The molecule has 2 aromatic heterocycles. The number of nitriles is 1. The normalized spacial score (nSPS) is 14.6. The Morgan fingerprint density at radius 3 is 2.35 bits per heavy atom. The average Bonchev–Trinajstić information content (AvgIpc) is 3.49. The molecule has 48 heavy (non-hydrogen) atoms. The Kier molecular flexibility index (Phi) is 16.2. The molecule has 260 valence electrons. The zero-order valence-electron chi connectivity index (χ0n) is 30.1. The number of halogens is 1. The van der Waals surface area contributed by atoms with Gasteiger partial charge in [0.2, 0.25) is 5.91 Å². The summed E-state index contributed by atoms with van der Waals surface area (Å²) in [5.41, 5.74) is 11.6. The van der Waals surface area contributed by atoms with Gasteiger partial charge in [-0.2, -0.15) is 0 Å². The van der Waals surface area contributed by atoms with E-state index in [2.05, 4.69) is 12.5 Å². The zero-order chi connectivity index (χ0) is 36.1. The Morgan fingerprint density at radius 2 is 1.79 bits per heavy atom. The van der Waals surface area contributed by atoms with Crippen LogP contribution < -0.4 is 11.3 Å². The largest absolute Gasteiger partial charge is 0.384 e. The average molecular weight is 662 g/mol. The van der Waals surface area contributed by atoms with Crippen molar-refractivity contribution in [1.82, 2.24) is 14.5 Å². The number of aliphatic hydroxyl groups is 1. The van der Waals surface area contributed by atoms with Gasteiger partial charge in [-0.1, -0.05) is 47.6 Å². The Labute approximate surface area is 285 Å². The van der Waals surface area contributed by atoms with Crippen LogP contribution in [-0.4, -0.2) is 58.9 Å². The molecule has 1 amide bonds. The van der Waals surface area contributed by atoms with E-state index >= 15 is 0 Å². The number of fused-ring (bicyclic) bond motifs is 4. The lowest BCUT2D eigenvalue weighted by Gasteiger charge is -2.26. The highest BCUT2D eigenvalue weighted by molar-refractivity contribution is 6.67. The number of rotatable bonds is 6. The number of ether oxygens (including phenoxy) is 1. The van der Waals surface area contributed by atoms with E-state index in [1.807, 2.05) is 53.4 Å². The molecule has 4 heterocycles. The highest BCUT2D eigenvalue weighted by Crippen LogP contribution is 2.41. The molecule has 3 aliphatic rings. The van der Waals surface area contributed by atoms with Crippen LogP contribution in [0.15, 0.2) is 29.6 Å². The van der Waals surface area contributed by atoms with Crippen LogP contribution >= 0.6 is 0 Å². The number of aryl methyl sites for hydroxylation is 2. The second-order valence-electron chi connectivity index (χ2n) is 11.2. The van der Waals surface area contributed by atoms with E-state index in [-0.39, 0.29) is 30.6 Å².